The van der Waals surface area contributed by atoms with Gasteiger partial charge in [0.2, 0.25) is 5.13 Å². The van der Waals surface area contributed by atoms with Crippen molar-refractivity contribution >= 4 is 16.7 Å². The van der Waals surface area contributed by atoms with Gasteiger partial charge in [0.05, 0.1) is 0 Å². The lowest BCUT2D eigenvalue weighted by Crippen LogP contribution is -2.21. The van der Waals surface area contributed by atoms with Gasteiger partial charge in [-0.2, -0.15) is 4.37 Å². The van der Waals surface area contributed by atoms with Crippen LogP contribution in [0.3, 0.4) is 0 Å². The molecule has 0 bridgehead atoms. The maximum atomic E-state index is 4.54. The molecule has 0 spiro atoms. The molecule has 0 radical (unpaired) electrons. The Morgan fingerprint density at radius 1 is 0.857 bits per heavy atom. The van der Waals surface area contributed by atoms with Gasteiger partial charge < -0.3 is 4.90 Å². The highest BCUT2D eigenvalue weighted by molar-refractivity contribution is 7.09. The Morgan fingerprint density at radius 3 is 1.81 bits per heavy atom. The monoisotopic (exact) mass is 295 g/mol. The molecule has 0 N–H and O–H groups in total. The van der Waals surface area contributed by atoms with E-state index in [-0.39, 0.29) is 0 Å². The van der Waals surface area contributed by atoms with Crippen LogP contribution in [0, 0.1) is 6.92 Å². The molecule has 0 aliphatic heterocycles. The average molecular weight is 295 g/mol. The number of nitrogens with zero attached hydrogens (tertiary/aromatic N) is 3. The molecule has 1 heterocycles. The van der Waals surface area contributed by atoms with E-state index in [1.807, 2.05) is 19.1 Å². The summed E-state index contributed by atoms with van der Waals surface area (Å²) in [5, 5.41) is 0.972. The van der Waals surface area contributed by atoms with E-state index in [2.05, 4.69) is 62.8 Å². The molecule has 3 aromatic rings. The van der Waals surface area contributed by atoms with E-state index in [0.717, 1.165) is 24.0 Å². The summed E-state index contributed by atoms with van der Waals surface area (Å²) < 4.78 is 4.31. The highest BCUT2D eigenvalue weighted by atomic mass is 32.1. The SMILES string of the molecule is Cc1nsc(N(Cc2ccccc2)Cc2ccccc2)n1. The molecule has 0 fully saturated rings. The molecule has 3 nitrogen and oxygen atoms in total. The van der Waals surface area contributed by atoms with Crippen LogP contribution in [0.5, 0.6) is 0 Å². The van der Waals surface area contributed by atoms with Crippen LogP contribution in [-0.2, 0) is 13.1 Å². The van der Waals surface area contributed by atoms with Crippen molar-refractivity contribution in [2.24, 2.45) is 0 Å². The van der Waals surface area contributed by atoms with Crippen molar-refractivity contribution in [3.8, 4) is 0 Å². The Morgan fingerprint density at radius 2 is 1.38 bits per heavy atom. The lowest BCUT2D eigenvalue weighted by atomic mass is 10.2. The van der Waals surface area contributed by atoms with Crippen LogP contribution in [0.25, 0.3) is 0 Å². The predicted molar refractivity (Wildman–Crippen MR) is 87.4 cm³/mol. The minimum atomic E-state index is 0.834. The van der Waals surface area contributed by atoms with E-state index in [0.29, 0.717) is 0 Å². The van der Waals surface area contributed by atoms with Gasteiger partial charge >= 0.3 is 0 Å². The van der Waals surface area contributed by atoms with Gasteiger partial charge in [-0.05, 0) is 18.1 Å². The highest BCUT2D eigenvalue weighted by Crippen LogP contribution is 2.22. The zero-order valence-electron chi connectivity index (χ0n) is 11.9. The summed E-state index contributed by atoms with van der Waals surface area (Å²) in [6.45, 7) is 3.61. The minimum absolute atomic E-state index is 0.834. The van der Waals surface area contributed by atoms with Gasteiger partial charge in [-0.25, -0.2) is 4.98 Å². The first-order chi connectivity index (χ1) is 10.3. The lowest BCUT2D eigenvalue weighted by Gasteiger charge is -2.21. The molecule has 0 aliphatic carbocycles. The molecule has 0 atom stereocenters. The van der Waals surface area contributed by atoms with Gasteiger partial charge in [0.1, 0.15) is 5.82 Å². The molecule has 0 amide bonds. The normalized spacial score (nSPS) is 10.5. The summed E-state index contributed by atoms with van der Waals surface area (Å²) in [5.41, 5.74) is 2.56. The third kappa shape index (κ3) is 3.67. The lowest BCUT2D eigenvalue weighted by molar-refractivity contribution is 0.793. The van der Waals surface area contributed by atoms with Crippen LogP contribution in [0.15, 0.2) is 60.7 Å². The fraction of sp³-hybridized carbons (Fsp3) is 0.176. The second kappa shape index (κ2) is 6.50. The number of hydrogen-bond donors (Lipinski definition) is 0. The first-order valence-corrected chi connectivity index (χ1v) is 7.72. The Bertz CT molecular complexity index is 638. The third-order valence-corrected chi connectivity index (χ3v) is 4.09. The molecule has 0 saturated carbocycles. The molecule has 4 heteroatoms. The topological polar surface area (TPSA) is 29.0 Å². The summed E-state index contributed by atoms with van der Waals surface area (Å²) in [7, 11) is 0. The van der Waals surface area contributed by atoms with E-state index in [1.54, 1.807) is 0 Å². The van der Waals surface area contributed by atoms with Crippen LogP contribution in [0.1, 0.15) is 17.0 Å². The Hall–Kier alpha value is -2.20. The molecule has 2 aromatic carbocycles. The van der Waals surface area contributed by atoms with Crippen molar-refractivity contribution < 1.29 is 0 Å². The van der Waals surface area contributed by atoms with E-state index in [1.165, 1.54) is 22.7 Å². The summed E-state index contributed by atoms with van der Waals surface area (Å²) in [6, 6.07) is 20.9. The Labute approximate surface area is 129 Å². The molecule has 0 aliphatic rings. The molecular weight excluding hydrogens is 278 g/mol. The number of anilines is 1. The second-order valence-electron chi connectivity index (χ2n) is 4.95. The van der Waals surface area contributed by atoms with E-state index in [4.69, 9.17) is 0 Å². The van der Waals surface area contributed by atoms with Gasteiger partial charge in [0.25, 0.3) is 0 Å². The molecule has 1 aromatic heterocycles. The highest BCUT2D eigenvalue weighted by Gasteiger charge is 2.12. The van der Waals surface area contributed by atoms with Gasteiger partial charge in [0.15, 0.2) is 0 Å². The molecule has 21 heavy (non-hydrogen) atoms. The van der Waals surface area contributed by atoms with Crippen molar-refractivity contribution in [1.82, 2.24) is 9.36 Å². The van der Waals surface area contributed by atoms with Crippen molar-refractivity contribution in [2.45, 2.75) is 20.0 Å². The van der Waals surface area contributed by atoms with Crippen LogP contribution < -0.4 is 4.90 Å². The van der Waals surface area contributed by atoms with Crippen LogP contribution in [0.4, 0.5) is 5.13 Å². The maximum Gasteiger partial charge on any atom is 0.205 e. The molecule has 3 rings (SSSR count). The quantitative estimate of drug-likeness (QED) is 0.711. The van der Waals surface area contributed by atoms with Gasteiger partial charge in [-0.3, -0.25) is 0 Å². The Kier molecular flexibility index (Phi) is 4.26. The van der Waals surface area contributed by atoms with E-state index >= 15 is 0 Å². The number of aromatic nitrogens is 2. The zero-order valence-corrected chi connectivity index (χ0v) is 12.8. The largest absolute Gasteiger partial charge is 0.338 e. The van der Waals surface area contributed by atoms with Gasteiger partial charge in [0, 0.05) is 24.6 Å². The van der Waals surface area contributed by atoms with Crippen molar-refractivity contribution in [2.75, 3.05) is 4.90 Å². The van der Waals surface area contributed by atoms with Crippen LogP contribution >= 0.6 is 11.5 Å². The number of rotatable bonds is 5. The Balaban J connectivity index is 1.84. The van der Waals surface area contributed by atoms with E-state index < -0.39 is 0 Å². The number of benzene rings is 2. The smallest absolute Gasteiger partial charge is 0.205 e. The predicted octanol–water partition coefficient (Wildman–Crippen LogP) is 4.05. The third-order valence-electron chi connectivity index (χ3n) is 3.22. The molecule has 0 unspecified atom stereocenters. The average Bonchev–Trinajstić information content (AvgIpc) is 2.95. The fourth-order valence-electron chi connectivity index (χ4n) is 2.21. The van der Waals surface area contributed by atoms with Gasteiger partial charge in [-0.1, -0.05) is 60.7 Å². The van der Waals surface area contributed by atoms with Crippen molar-refractivity contribution in [3.63, 3.8) is 0 Å². The zero-order chi connectivity index (χ0) is 14.5. The first-order valence-electron chi connectivity index (χ1n) is 6.94. The standard InChI is InChI=1S/C17H17N3S/c1-14-18-17(21-19-14)20(12-15-8-4-2-5-9-15)13-16-10-6-3-7-11-16/h2-11H,12-13H2,1H3. The molecule has 0 saturated heterocycles. The molecular formula is C17H17N3S. The molecule has 106 valence electrons. The van der Waals surface area contributed by atoms with Crippen LogP contribution in [0.2, 0.25) is 0 Å². The first kappa shape index (κ1) is 13.8. The summed E-state index contributed by atoms with van der Waals surface area (Å²) in [5.74, 6) is 0.834. The number of aryl methyl sites for hydroxylation is 1. The summed E-state index contributed by atoms with van der Waals surface area (Å²) in [4.78, 5) is 6.81. The van der Waals surface area contributed by atoms with Crippen molar-refractivity contribution in [3.05, 3.63) is 77.6 Å². The van der Waals surface area contributed by atoms with Crippen molar-refractivity contribution in [1.29, 1.82) is 0 Å². The van der Waals surface area contributed by atoms with E-state index in [9.17, 15) is 0 Å². The fourth-order valence-corrected chi connectivity index (χ4v) is 2.89. The second-order valence-corrected chi connectivity index (χ2v) is 5.68. The summed E-state index contributed by atoms with van der Waals surface area (Å²) >= 11 is 1.46. The minimum Gasteiger partial charge on any atom is -0.338 e. The van der Waals surface area contributed by atoms with Crippen LogP contribution in [-0.4, -0.2) is 9.36 Å². The number of hydrogen-bond acceptors (Lipinski definition) is 4. The maximum absolute atomic E-state index is 4.54. The van der Waals surface area contributed by atoms with Gasteiger partial charge in [-0.15, -0.1) is 0 Å². The summed E-state index contributed by atoms with van der Waals surface area (Å²) in [6.07, 6.45) is 0.